The number of aromatic nitrogens is 3. The smallest absolute Gasteiger partial charge is 0.251 e. The predicted molar refractivity (Wildman–Crippen MR) is 161 cm³/mol. The van der Waals surface area contributed by atoms with Crippen LogP contribution in [0.15, 0.2) is 91.0 Å². The van der Waals surface area contributed by atoms with Crippen molar-refractivity contribution in [3.63, 3.8) is 0 Å². The molecule has 2 amide bonds. The molecule has 0 bridgehead atoms. The number of amides is 2. The minimum Gasteiger partial charge on any atom is -0.497 e. The molecule has 1 atom stereocenters. The van der Waals surface area contributed by atoms with E-state index in [9.17, 15) is 9.59 Å². The number of carbonyl (C=O) groups excluding carboxylic acids is 2. The Balaban J connectivity index is 1.57. The van der Waals surface area contributed by atoms with Crippen LogP contribution in [0.1, 0.15) is 28.3 Å². The molecule has 5 aromatic rings. The van der Waals surface area contributed by atoms with Gasteiger partial charge in [-0.3, -0.25) is 9.59 Å². The standard InChI is InChI=1S/C33H33N5O4/c1-22-13-15-24(16-14-22)32(33(40)34-28-18-17-26(41-3)19-30(28)42-4)37(20-25-10-6-5-9-23(25)2)31(39)21-38-29-12-8-7-11-27(29)35-36-38/h5-19,32H,20-21H2,1-4H3,(H,34,40). The Kier molecular flexibility index (Phi) is 8.47. The molecule has 1 heterocycles. The summed E-state index contributed by atoms with van der Waals surface area (Å²) in [7, 11) is 3.09. The molecule has 1 unspecified atom stereocenters. The number of anilines is 1. The quantitative estimate of drug-likeness (QED) is 0.242. The van der Waals surface area contributed by atoms with Crippen molar-refractivity contribution in [2.45, 2.75) is 33.0 Å². The van der Waals surface area contributed by atoms with Gasteiger partial charge >= 0.3 is 0 Å². The molecule has 1 aromatic heterocycles. The van der Waals surface area contributed by atoms with Crippen molar-refractivity contribution in [1.29, 1.82) is 0 Å². The third-order valence-electron chi connectivity index (χ3n) is 7.25. The highest BCUT2D eigenvalue weighted by Crippen LogP contribution is 2.32. The van der Waals surface area contributed by atoms with Gasteiger partial charge in [0.15, 0.2) is 0 Å². The molecule has 0 aliphatic heterocycles. The normalized spacial score (nSPS) is 11.6. The van der Waals surface area contributed by atoms with E-state index in [2.05, 4.69) is 15.6 Å². The van der Waals surface area contributed by atoms with Gasteiger partial charge in [-0.1, -0.05) is 71.4 Å². The monoisotopic (exact) mass is 563 g/mol. The first-order valence-electron chi connectivity index (χ1n) is 13.6. The zero-order valence-electron chi connectivity index (χ0n) is 24.1. The fraction of sp³-hybridized carbons (Fsp3) is 0.212. The number of hydrogen-bond acceptors (Lipinski definition) is 6. The number of nitrogens with zero attached hydrogens (tertiary/aromatic N) is 4. The Morgan fingerprint density at radius 3 is 2.38 bits per heavy atom. The first-order valence-corrected chi connectivity index (χ1v) is 13.6. The summed E-state index contributed by atoms with van der Waals surface area (Å²) in [5, 5.41) is 11.4. The van der Waals surface area contributed by atoms with E-state index in [1.165, 1.54) is 7.11 Å². The Morgan fingerprint density at radius 1 is 0.905 bits per heavy atom. The van der Waals surface area contributed by atoms with Gasteiger partial charge in [0.2, 0.25) is 5.91 Å². The van der Waals surface area contributed by atoms with Crippen molar-refractivity contribution in [2.75, 3.05) is 19.5 Å². The van der Waals surface area contributed by atoms with Crippen LogP contribution in [0.2, 0.25) is 0 Å². The lowest BCUT2D eigenvalue weighted by molar-refractivity contribution is -0.140. The maximum Gasteiger partial charge on any atom is 0.251 e. The molecule has 9 nitrogen and oxygen atoms in total. The summed E-state index contributed by atoms with van der Waals surface area (Å²) >= 11 is 0. The number of carbonyl (C=O) groups is 2. The molecule has 0 fully saturated rings. The van der Waals surface area contributed by atoms with Crippen molar-refractivity contribution in [2.24, 2.45) is 0 Å². The van der Waals surface area contributed by atoms with E-state index in [0.717, 1.165) is 22.2 Å². The van der Waals surface area contributed by atoms with Crippen LogP contribution >= 0.6 is 0 Å². The molecule has 5 rings (SSSR count). The van der Waals surface area contributed by atoms with E-state index in [-0.39, 0.29) is 24.9 Å². The maximum atomic E-state index is 14.2. The minimum absolute atomic E-state index is 0.0894. The Hall–Kier alpha value is -5.18. The number of aryl methyl sites for hydroxylation is 2. The van der Waals surface area contributed by atoms with E-state index < -0.39 is 6.04 Å². The van der Waals surface area contributed by atoms with Crippen LogP contribution in [0.3, 0.4) is 0 Å². The second kappa shape index (κ2) is 12.6. The highest BCUT2D eigenvalue weighted by molar-refractivity contribution is 5.99. The van der Waals surface area contributed by atoms with Crippen molar-refractivity contribution < 1.29 is 19.1 Å². The van der Waals surface area contributed by atoms with Crippen molar-refractivity contribution in [3.05, 3.63) is 113 Å². The molecule has 0 saturated heterocycles. The summed E-state index contributed by atoms with van der Waals surface area (Å²) in [4.78, 5) is 30.1. The highest BCUT2D eigenvalue weighted by atomic mass is 16.5. The second-order valence-electron chi connectivity index (χ2n) is 10.1. The molecule has 42 heavy (non-hydrogen) atoms. The lowest BCUT2D eigenvalue weighted by Gasteiger charge is -2.32. The molecule has 0 spiro atoms. The fourth-order valence-electron chi connectivity index (χ4n) is 4.87. The zero-order chi connectivity index (χ0) is 29.6. The number of benzene rings is 4. The SMILES string of the molecule is COc1ccc(NC(=O)C(c2ccc(C)cc2)N(Cc2ccccc2C)C(=O)Cn2nnc3ccccc32)c(OC)c1. The summed E-state index contributed by atoms with van der Waals surface area (Å²) in [5.41, 5.74) is 5.56. The third-order valence-corrected chi connectivity index (χ3v) is 7.25. The number of rotatable bonds is 10. The van der Waals surface area contributed by atoms with Crippen molar-refractivity contribution >= 4 is 28.5 Å². The lowest BCUT2D eigenvalue weighted by Crippen LogP contribution is -2.42. The number of methoxy groups -OCH3 is 2. The van der Waals surface area contributed by atoms with E-state index in [4.69, 9.17) is 9.47 Å². The predicted octanol–water partition coefficient (Wildman–Crippen LogP) is 5.47. The fourth-order valence-corrected chi connectivity index (χ4v) is 4.87. The molecule has 0 saturated carbocycles. The van der Waals surface area contributed by atoms with Crippen LogP contribution < -0.4 is 14.8 Å². The van der Waals surface area contributed by atoms with E-state index in [0.29, 0.717) is 28.3 Å². The first-order chi connectivity index (χ1) is 20.4. The van der Waals surface area contributed by atoms with Gasteiger partial charge in [0.05, 0.1) is 25.4 Å². The summed E-state index contributed by atoms with van der Waals surface area (Å²) in [6.45, 7) is 4.09. The molecular weight excluding hydrogens is 530 g/mol. The van der Waals surface area contributed by atoms with Crippen LogP contribution in [-0.2, 0) is 22.7 Å². The van der Waals surface area contributed by atoms with Gasteiger partial charge in [-0.05, 0) is 54.8 Å². The van der Waals surface area contributed by atoms with Gasteiger partial charge < -0.3 is 19.7 Å². The van der Waals surface area contributed by atoms with Gasteiger partial charge in [0.25, 0.3) is 5.91 Å². The summed E-state index contributed by atoms with van der Waals surface area (Å²) in [6, 6.07) is 27.1. The molecule has 4 aromatic carbocycles. The van der Waals surface area contributed by atoms with Crippen LogP contribution in [0.4, 0.5) is 5.69 Å². The summed E-state index contributed by atoms with van der Waals surface area (Å²) in [6.07, 6.45) is 0. The van der Waals surface area contributed by atoms with Gasteiger partial charge in [-0.15, -0.1) is 5.10 Å². The maximum absolute atomic E-state index is 14.2. The van der Waals surface area contributed by atoms with Crippen LogP contribution in [0.5, 0.6) is 11.5 Å². The van der Waals surface area contributed by atoms with Crippen LogP contribution in [0.25, 0.3) is 11.0 Å². The Morgan fingerprint density at radius 2 is 1.64 bits per heavy atom. The van der Waals surface area contributed by atoms with Crippen molar-refractivity contribution in [1.82, 2.24) is 19.9 Å². The highest BCUT2D eigenvalue weighted by Gasteiger charge is 2.33. The molecule has 1 N–H and O–H groups in total. The summed E-state index contributed by atoms with van der Waals surface area (Å²) in [5.74, 6) is 0.372. The van der Waals surface area contributed by atoms with Gasteiger partial charge in [-0.2, -0.15) is 0 Å². The Bertz CT molecular complexity index is 1710. The average Bonchev–Trinajstić information content (AvgIpc) is 3.41. The number of ether oxygens (including phenoxy) is 2. The molecule has 0 aliphatic carbocycles. The molecular formula is C33H33N5O4. The number of fused-ring (bicyclic) bond motifs is 1. The van der Waals surface area contributed by atoms with Crippen LogP contribution in [0, 0.1) is 13.8 Å². The van der Waals surface area contributed by atoms with Crippen LogP contribution in [-0.4, -0.2) is 45.9 Å². The number of para-hydroxylation sites is 1. The largest absolute Gasteiger partial charge is 0.497 e. The third kappa shape index (κ3) is 6.10. The second-order valence-corrected chi connectivity index (χ2v) is 10.1. The first kappa shape index (κ1) is 28.4. The van der Waals surface area contributed by atoms with Crippen molar-refractivity contribution in [3.8, 4) is 11.5 Å². The van der Waals surface area contributed by atoms with Gasteiger partial charge in [0, 0.05) is 12.6 Å². The topological polar surface area (TPSA) is 98.6 Å². The molecule has 0 radical (unpaired) electrons. The average molecular weight is 564 g/mol. The van der Waals surface area contributed by atoms with E-state index >= 15 is 0 Å². The lowest BCUT2D eigenvalue weighted by atomic mass is 10.0. The molecule has 0 aliphatic rings. The number of hydrogen-bond donors (Lipinski definition) is 1. The van der Waals surface area contributed by atoms with Gasteiger partial charge in [0.1, 0.15) is 29.6 Å². The zero-order valence-corrected chi connectivity index (χ0v) is 24.1. The number of nitrogens with one attached hydrogen (secondary N) is 1. The minimum atomic E-state index is -0.959. The Labute approximate surface area is 244 Å². The molecule has 9 heteroatoms. The van der Waals surface area contributed by atoms with E-state index in [1.54, 1.807) is 34.9 Å². The van der Waals surface area contributed by atoms with E-state index in [1.807, 2.05) is 86.6 Å². The molecule has 214 valence electrons. The summed E-state index contributed by atoms with van der Waals surface area (Å²) < 4.78 is 12.4. The van der Waals surface area contributed by atoms with Gasteiger partial charge in [-0.25, -0.2) is 4.68 Å².